The Balaban J connectivity index is 1.60. The van der Waals surface area contributed by atoms with Crippen LogP contribution in [0.25, 0.3) is 5.69 Å². The van der Waals surface area contributed by atoms with Gasteiger partial charge < -0.3 is 9.88 Å². The first-order valence-corrected chi connectivity index (χ1v) is 12.4. The third kappa shape index (κ3) is 4.24. The smallest absolute Gasteiger partial charge is 0.257 e. The van der Waals surface area contributed by atoms with Crippen molar-refractivity contribution < 1.29 is 4.79 Å². The zero-order valence-corrected chi connectivity index (χ0v) is 19.9. The Bertz CT molecular complexity index is 1380. The van der Waals surface area contributed by atoms with Crippen LogP contribution in [0.15, 0.2) is 69.9 Å². The highest BCUT2D eigenvalue weighted by molar-refractivity contribution is 7.99. The molecule has 166 valence electrons. The van der Waals surface area contributed by atoms with E-state index >= 15 is 0 Å². The third-order valence-electron chi connectivity index (χ3n) is 5.60. The number of hydrogen-bond donors (Lipinski definition) is 1. The van der Waals surface area contributed by atoms with Crippen LogP contribution in [-0.2, 0) is 13.0 Å². The largest absolute Gasteiger partial charge is 0.346 e. The van der Waals surface area contributed by atoms with E-state index < -0.39 is 0 Å². The van der Waals surface area contributed by atoms with Crippen molar-refractivity contribution in [2.24, 2.45) is 0 Å². The minimum atomic E-state index is -0.388. The first-order chi connectivity index (χ1) is 16.0. The summed E-state index contributed by atoms with van der Waals surface area (Å²) in [4.78, 5) is 37.3. The number of pyridine rings is 1. The van der Waals surface area contributed by atoms with Crippen LogP contribution in [0.3, 0.4) is 0 Å². The van der Waals surface area contributed by atoms with Crippen molar-refractivity contribution in [2.75, 3.05) is 0 Å². The van der Waals surface area contributed by atoms with E-state index in [2.05, 4.69) is 37.4 Å². The average molecular weight is 475 g/mol. The van der Waals surface area contributed by atoms with Gasteiger partial charge in [-0.25, -0.2) is 0 Å². The number of amides is 1. The maximum absolute atomic E-state index is 13.3. The van der Waals surface area contributed by atoms with Crippen LogP contribution < -0.4 is 10.7 Å². The number of carbonyl (C=O) groups is 1. The number of rotatable bonds is 4. The first kappa shape index (κ1) is 21.6. The number of thioether (sulfide) groups is 1. The molecular weight excluding hydrogens is 452 g/mol. The Morgan fingerprint density at radius 1 is 1.15 bits per heavy atom. The normalized spacial score (nSPS) is 14.8. The predicted octanol–water partition coefficient (Wildman–Crippen LogP) is 4.63. The number of aromatic nitrogens is 3. The lowest BCUT2D eigenvalue weighted by molar-refractivity contribution is 0.0947. The fraction of sp³-hybridized carbons (Fsp3) is 0.200. The second kappa shape index (κ2) is 8.96. The standard InChI is InChI=1S/C25H22N4O2S2/c1-15-12-27-17(13-26-15)14-28-25(31)24-19-11-23(22-8-5-9-32-22)33-21-7-4-3-6-18(21)29(19)16(2)10-20(24)30/h3-10,12-13,23H,11,14H2,1-2H3,(H,28,31). The average Bonchev–Trinajstić information content (AvgIpc) is 3.28. The molecule has 1 aliphatic heterocycles. The number of hydrogen-bond acceptors (Lipinski definition) is 6. The maximum Gasteiger partial charge on any atom is 0.257 e. The van der Waals surface area contributed by atoms with Gasteiger partial charge in [0.15, 0.2) is 5.43 Å². The summed E-state index contributed by atoms with van der Waals surface area (Å²) < 4.78 is 2.07. The molecule has 0 bridgehead atoms. The van der Waals surface area contributed by atoms with E-state index in [1.165, 1.54) is 4.88 Å². The number of carbonyl (C=O) groups excluding carboxylic acids is 1. The Morgan fingerprint density at radius 2 is 2.00 bits per heavy atom. The van der Waals surface area contributed by atoms with E-state index in [0.29, 0.717) is 12.1 Å². The molecular formula is C25H22N4O2S2. The molecule has 1 unspecified atom stereocenters. The molecule has 6 nitrogen and oxygen atoms in total. The third-order valence-corrected chi connectivity index (χ3v) is 8.04. The summed E-state index contributed by atoms with van der Waals surface area (Å²) in [5.41, 5.74) is 3.93. The molecule has 0 radical (unpaired) electrons. The zero-order valence-electron chi connectivity index (χ0n) is 18.2. The van der Waals surface area contributed by atoms with Gasteiger partial charge in [0.25, 0.3) is 5.91 Å². The molecule has 8 heteroatoms. The quantitative estimate of drug-likeness (QED) is 0.467. The fourth-order valence-electron chi connectivity index (χ4n) is 4.08. The number of benzene rings is 1. The molecule has 1 atom stereocenters. The van der Waals surface area contributed by atoms with Crippen LogP contribution in [0.2, 0.25) is 0 Å². The molecule has 0 saturated carbocycles. The van der Waals surface area contributed by atoms with Crippen molar-refractivity contribution in [2.45, 2.75) is 37.0 Å². The lowest BCUT2D eigenvalue weighted by atomic mass is 10.0. The summed E-state index contributed by atoms with van der Waals surface area (Å²) >= 11 is 3.47. The number of fused-ring (bicyclic) bond motifs is 3. The van der Waals surface area contributed by atoms with Gasteiger partial charge in [0.2, 0.25) is 0 Å². The van der Waals surface area contributed by atoms with E-state index in [-0.39, 0.29) is 28.7 Å². The van der Waals surface area contributed by atoms with E-state index in [4.69, 9.17) is 0 Å². The van der Waals surface area contributed by atoms with Crippen LogP contribution in [0, 0.1) is 13.8 Å². The van der Waals surface area contributed by atoms with Crippen molar-refractivity contribution in [1.82, 2.24) is 19.9 Å². The van der Waals surface area contributed by atoms with Crippen molar-refractivity contribution in [1.29, 1.82) is 0 Å². The summed E-state index contributed by atoms with van der Waals surface area (Å²) in [7, 11) is 0. The van der Waals surface area contributed by atoms with Gasteiger partial charge in [-0.3, -0.25) is 19.6 Å². The van der Waals surface area contributed by atoms with Gasteiger partial charge in [-0.2, -0.15) is 0 Å². The second-order valence-corrected chi connectivity index (χ2v) is 10.2. The molecule has 4 aromatic rings. The lowest BCUT2D eigenvalue weighted by Crippen LogP contribution is -2.32. The van der Waals surface area contributed by atoms with Crippen LogP contribution in [-0.4, -0.2) is 20.4 Å². The number of nitrogens with one attached hydrogen (secondary N) is 1. The summed E-state index contributed by atoms with van der Waals surface area (Å²) in [5.74, 6) is -0.388. The minimum Gasteiger partial charge on any atom is -0.346 e. The highest BCUT2D eigenvalue weighted by Gasteiger charge is 2.29. The van der Waals surface area contributed by atoms with Gasteiger partial charge in [0, 0.05) is 45.1 Å². The molecule has 0 spiro atoms. The molecule has 33 heavy (non-hydrogen) atoms. The zero-order chi connectivity index (χ0) is 22.9. The van der Waals surface area contributed by atoms with Gasteiger partial charge >= 0.3 is 0 Å². The molecule has 5 rings (SSSR count). The molecule has 0 fully saturated rings. The maximum atomic E-state index is 13.3. The van der Waals surface area contributed by atoms with Crippen LogP contribution >= 0.6 is 23.1 Å². The summed E-state index contributed by atoms with van der Waals surface area (Å²) in [6, 6.07) is 13.9. The molecule has 0 saturated heterocycles. The molecule has 1 amide bonds. The SMILES string of the molecule is Cc1cnc(CNC(=O)c2c3n(c(C)cc2=O)-c2ccccc2SC(c2cccs2)C3)cn1. The first-order valence-electron chi connectivity index (χ1n) is 10.6. The predicted molar refractivity (Wildman–Crippen MR) is 131 cm³/mol. The number of thiophene rings is 1. The van der Waals surface area contributed by atoms with Crippen LogP contribution in [0.4, 0.5) is 0 Å². The van der Waals surface area contributed by atoms with Gasteiger partial charge in [-0.1, -0.05) is 18.2 Å². The topological polar surface area (TPSA) is 76.9 Å². The van der Waals surface area contributed by atoms with Gasteiger partial charge in [-0.15, -0.1) is 23.1 Å². The molecule has 0 aliphatic carbocycles. The Morgan fingerprint density at radius 3 is 2.76 bits per heavy atom. The Hall–Kier alpha value is -3.23. The van der Waals surface area contributed by atoms with Gasteiger partial charge in [0.05, 0.1) is 29.8 Å². The second-order valence-electron chi connectivity index (χ2n) is 7.93. The monoisotopic (exact) mass is 474 g/mol. The van der Waals surface area contributed by atoms with Gasteiger partial charge in [-0.05, 0) is 37.4 Å². The Kier molecular flexibility index (Phi) is 5.86. The van der Waals surface area contributed by atoms with E-state index in [9.17, 15) is 9.59 Å². The number of nitrogens with zero attached hydrogens (tertiary/aromatic N) is 3. The molecule has 3 aromatic heterocycles. The van der Waals surface area contributed by atoms with Crippen molar-refractivity contribution in [3.8, 4) is 5.69 Å². The van der Waals surface area contributed by atoms with E-state index in [1.54, 1.807) is 41.6 Å². The number of aryl methyl sites for hydroxylation is 2. The molecule has 1 N–H and O–H groups in total. The molecule has 4 heterocycles. The number of para-hydroxylation sites is 1. The fourth-order valence-corrected chi connectivity index (χ4v) is 6.28. The molecule has 1 aromatic carbocycles. The van der Waals surface area contributed by atoms with E-state index in [0.717, 1.165) is 27.7 Å². The van der Waals surface area contributed by atoms with Crippen molar-refractivity contribution >= 4 is 29.0 Å². The van der Waals surface area contributed by atoms with Crippen molar-refractivity contribution in [3.05, 3.63) is 104 Å². The van der Waals surface area contributed by atoms with Crippen LogP contribution in [0.1, 0.15) is 43.3 Å². The van der Waals surface area contributed by atoms with Crippen LogP contribution in [0.5, 0.6) is 0 Å². The highest BCUT2D eigenvalue weighted by Crippen LogP contribution is 2.45. The summed E-state index contributed by atoms with van der Waals surface area (Å²) in [6.07, 6.45) is 3.87. The summed E-state index contributed by atoms with van der Waals surface area (Å²) in [5, 5.41) is 5.05. The molecule has 1 aliphatic rings. The summed E-state index contributed by atoms with van der Waals surface area (Å²) in [6.45, 7) is 3.98. The highest BCUT2D eigenvalue weighted by atomic mass is 32.2. The Labute approximate surface area is 199 Å². The lowest BCUT2D eigenvalue weighted by Gasteiger charge is -2.19. The minimum absolute atomic E-state index is 0.107. The van der Waals surface area contributed by atoms with Crippen molar-refractivity contribution in [3.63, 3.8) is 0 Å². The van der Waals surface area contributed by atoms with E-state index in [1.807, 2.05) is 38.1 Å². The van der Waals surface area contributed by atoms with Gasteiger partial charge in [0.1, 0.15) is 5.56 Å².